The van der Waals surface area contributed by atoms with Crippen LogP contribution in [-0.4, -0.2) is 19.1 Å². The van der Waals surface area contributed by atoms with Crippen LogP contribution in [0, 0.1) is 0 Å². The third-order valence-corrected chi connectivity index (χ3v) is 2.17. The summed E-state index contributed by atoms with van der Waals surface area (Å²) in [5.74, 6) is -0.371. The molecule has 1 aromatic rings. The Balaban J connectivity index is 2.42. The summed E-state index contributed by atoms with van der Waals surface area (Å²) in [5, 5.41) is 3.73. The lowest BCUT2D eigenvalue weighted by Crippen LogP contribution is -2.14. The molecular weight excluding hydrogens is 226 g/mol. The molecule has 0 aliphatic rings. The molecule has 3 nitrogen and oxygen atoms in total. The SMILES string of the molecule is C=C(CNc1ccc(Cl)cc1)C(=O)OCC. The highest BCUT2D eigenvalue weighted by atomic mass is 35.5. The summed E-state index contributed by atoms with van der Waals surface area (Å²) in [6, 6.07) is 7.22. The van der Waals surface area contributed by atoms with Crippen LogP contribution in [0.3, 0.4) is 0 Å². The van der Waals surface area contributed by atoms with Gasteiger partial charge in [-0.15, -0.1) is 0 Å². The van der Waals surface area contributed by atoms with E-state index in [-0.39, 0.29) is 5.97 Å². The Hall–Kier alpha value is -1.48. The van der Waals surface area contributed by atoms with Gasteiger partial charge in [0.05, 0.1) is 6.61 Å². The molecule has 0 spiro atoms. The number of rotatable bonds is 5. The molecule has 1 N–H and O–H groups in total. The fourth-order valence-corrected chi connectivity index (χ4v) is 1.21. The third-order valence-electron chi connectivity index (χ3n) is 1.91. The lowest BCUT2D eigenvalue weighted by atomic mass is 10.2. The average molecular weight is 240 g/mol. The summed E-state index contributed by atoms with van der Waals surface area (Å²) in [7, 11) is 0. The minimum absolute atomic E-state index is 0.360. The van der Waals surface area contributed by atoms with Crippen molar-refractivity contribution in [1.29, 1.82) is 0 Å². The summed E-state index contributed by atoms with van der Waals surface area (Å²) in [6.07, 6.45) is 0. The van der Waals surface area contributed by atoms with Gasteiger partial charge in [0.2, 0.25) is 0 Å². The van der Waals surface area contributed by atoms with E-state index in [0.29, 0.717) is 23.7 Å². The summed E-state index contributed by atoms with van der Waals surface area (Å²) >= 11 is 5.75. The molecule has 1 rings (SSSR count). The number of carbonyl (C=O) groups is 1. The van der Waals surface area contributed by atoms with E-state index in [1.54, 1.807) is 19.1 Å². The van der Waals surface area contributed by atoms with Gasteiger partial charge in [-0.2, -0.15) is 0 Å². The molecule has 1 aromatic carbocycles. The Morgan fingerprint density at radius 3 is 2.62 bits per heavy atom. The highest BCUT2D eigenvalue weighted by Gasteiger charge is 2.06. The number of halogens is 1. The molecule has 0 aliphatic carbocycles. The van der Waals surface area contributed by atoms with Crippen LogP contribution in [0.4, 0.5) is 5.69 Å². The van der Waals surface area contributed by atoms with Crippen molar-refractivity contribution in [2.24, 2.45) is 0 Å². The Labute approximate surface area is 100 Å². The first-order valence-electron chi connectivity index (χ1n) is 4.98. The zero-order valence-corrected chi connectivity index (χ0v) is 9.88. The highest BCUT2D eigenvalue weighted by Crippen LogP contribution is 2.13. The third kappa shape index (κ3) is 3.95. The Morgan fingerprint density at radius 1 is 1.44 bits per heavy atom. The van der Waals surface area contributed by atoms with Gasteiger partial charge >= 0.3 is 5.97 Å². The first kappa shape index (κ1) is 12.6. The van der Waals surface area contributed by atoms with E-state index < -0.39 is 0 Å². The molecule has 16 heavy (non-hydrogen) atoms. The van der Waals surface area contributed by atoms with Gasteiger partial charge in [0.25, 0.3) is 0 Å². The number of anilines is 1. The van der Waals surface area contributed by atoms with Crippen molar-refractivity contribution < 1.29 is 9.53 Å². The van der Waals surface area contributed by atoms with Crippen molar-refractivity contribution in [3.05, 3.63) is 41.4 Å². The van der Waals surface area contributed by atoms with Gasteiger partial charge in [0, 0.05) is 22.8 Å². The van der Waals surface area contributed by atoms with Gasteiger partial charge < -0.3 is 10.1 Å². The molecule has 4 heteroatoms. The van der Waals surface area contributed by atoms with Gasteiger partial charge in [0.15, 0.2) is 0 Å². The van der Waals surface area contributed by atoms with Crippen LogP contribution >= 0.6 is 11.6 Å². The molecule has 0 amide bonds. The quantitative estimate of drug-likeness (QED) is 0.634. The molecule has 86 valence electrons. The number of nitrogens with one attached hydrogen (secondary N) is 1. The average Bonchev–Trinajstić information content (AvgIpc) is 2.28. The van der Waals surface area contributed by atoms with Crippen LogP contribution in [0.1, 0.15) is 6.92 Å². The molecule has 0 aromatic heterocycles. The summed E-state index contributed by atoms with van der Waals surface area (Å²) in [6.45, 7) is 6.13. The topological polar surface area (TPSA) is 38.3 Å². The maximum absolute atomic E-state index is 11.2. The predicted molar refractivity (Wildman–Crippen MR) is 65.7 cm³/mol. The predicted octanol–water partition coefficient (Wildman–Crippen LogP) is 2.87. The van der Waals surface area contributed by atoms with Gasteiger partial charge in [-0.05, 0) is 31.2 Å². The first-order chi connectivity index (χ1) is 7.63. The number of ether oxygens (including phenoxy) is 1. The van der Waals surface area contributed by atoms with Gasteiger partial charge in [-0.1, -0.05) is 18.2 Å². The molecule has 0 aliphatic heterocycles. The Morgan fingerprint density at radius 2 is 2.06 bits per heavy atom. The van der Waals surface area contributed by atoms with Gasteiger partial charge in [-0.25, -0.2) is 4.79 Å². The van der Waals surface area contributed by atoms with Gasteiger partial charge in [0.1, 0.15) is 0 Å². The Kier molecular flexibility index (Phi) is 4.86. The van der Waals surface area contributed by atoms with Crippen LogP contribution in [0.25, 0.3) is 0 Å². The highest BCUT2D eigenvalue weighted by molar-refractivity contribution is 6.30. The van der Waals surface area contributed by atoms with Crippen LogP contribution in [-0.2, 0) is 9.53 Å². The van der Waals surface area contributed by atoms with E-state index in [4.69, 9.17) is 16.3 Å². The van der Waals surface area contributed by atoms with Crippen LogP contribution in [0.15, 0.2) is 36.4 Å². The number of hydrogen-bond donors (Lipinski definition) is 1. The summed E-state index contributed by atoms with van der Waals surface area (Å²) < 4.78 is 4.81. The molecule has 0 heterocycles. The van der Waals surface area contributed by atoms with E-state index in [2.05, 4.69) is 11.9 Å². The molecule has 0 atom stereocenters. The van der Waals surface area contributed by atoms with Crippen molar-refractivity contribution in [1.82, 2.24) is 0 Å². The second kappa shape index (κ2) is 6.18. The lowest BCUT2D eigenvalue weighted by molar-refractivity contribution is -0.138. The van der Waals surface area contributed by atoms with Crippen molar-refractivity contribution in [3.63, 3.8) is 0 Å². The molecular formula is C12H14ClNO2. The van der Waals surface area contributed by atoms with Gasteiger partial charge in [-0.3, -0.25) is 0 Å². The van der Waals surface area contributed by atoms with E-state index >= 15 is 0 Å². The van der Waals surface area contributed by atoms with Crippen molar-refractivity contribution in [2.75, 3.05) is 18.5 Å². The van der Waals surface area contributed by atoms with Crippen molar-refractivity contribution in [2.45, 2.75) is 6.92 Å². The number of carbonyl (C=O) groups excluding carboxylic acids is 1. The van der Waals surface area contributed by atoms with Crippen molar-refractivity contribution in [3.8, 4) is 0 Å². The van der Waals surface area contributed by atoms with Crippen molar-refractivity contribution >= 4 is 23.3 Å². The maximum atomic E-state index is 11.2. The number of hydrogen-bond acceptors (Lipinski definition) is 3. The Bertz CT molecular complexity index is 373. The fraction of sp³-hybridized carbons (Fsp3) is 0.250. The lowest BCUT2D eigenvalue weighted by Gasteiger charge is -2.08. The zero-order chi connectivity index (χ0) is 12.0. The standard InChI is InChI=1S/C12H14ClNO2/c1-3-16-12(15)9(2)8-14-11-6-4-10(13)5-7-11/h4-7,14H,2-3,8H2,1H3. The van der Waals surface area contributed by atoms with Crippen LogP contribution < -0.4 is 5.32 Å². The monoisotopic (exact) mass is 239 g/mol. The minimum Gasteiger partial charge on any atom is -0.463 e. The summed E-state index contributed by atoms with van der Waals surface area (Å²) in [4.78, 5) is 11.2. The molecule has 0 unspecified atom stereocenters. The maximum Gasteiger partial charge on any atom is 0.335 e. The number of esters is 1. The molecule has 0 bridgehead atoms. The van der Waals surface area contributed by atoms with E-state index in [1.807, 2.05) is 12.1 Å². The normalized spacial score (nSPS) is 9.62. The largest absolute Gasteiger partial charge is 0.463 e. The fourth-order valence-electron chi connectivity index (χ4n) is 1.08. The minimum atomic E-state index is -0.371. The van der Waals surface area contributed by atoms with Crippen LogP contribution in [0.5, 0.6) is 0 Å². The smallest absolute Gasteiger partial charge is 0.335 e. The van der Waals surface area contributed by atoms with E-state index in [0.717, 1.165) is 5.69 Å². The second-order valence-electron chi connectivity index (χ2n) is 3.18. The van der Waals surface area contributed by atoms with Crippen LogP contribution in [0.2, 0.25) is 5.02 Å². The second-order valence-corrected chi connectivity index (χ2v) is 3.62. The first-order valence-corrected chi connectivity index (χ1v) is 5.35. The molecule has 0 radical (unpaired) electrons. The van der Waals surface area contributed by atoms with E-state index in [9.17, 15) is 4.79 Å². The molecule has 0 fully saturated rings. The molecule has 0 saturated carbocycles. The van der Waals surface area contributed by atoms with E-state index in [1.165, 1.54) is 0 Å². The summed E-state index contributed by atoms with van der Waals surface area (Å²) in [5.41, 5.74) is 1.28. The number of benzene rings is 1. The molecule has 0 saturated heterocycles. The zero-order valence-electron chi connectivity index (χ0n) is 9.13.